The lowest BCUT2D eigenvalue weighted by Crippen LogP contribution is -2.12. The fraction of sp³-hybridized carbons (Fsp3) is 0.0408. The molecule has 6 heteroatoms. The molecule has 0 saturated heterocycles. The van der Waals surface area contributed by atoms with E-state index < -0.39 is 0 Å². The van der Waals surface area contributed by atoms with Crippen LogP contribution in [0.5, 0.6) is 0 Å². The molecule has 4 heterocycles. The maximum absolute atomic E-state index is 6.75. The molecule has 11 aromatic rings. The van der Waals surface area contributed by atoms with Crippen LogP contribution in [0.3, 0.4) is 0 Å². The molecule has 0 fully saturated rings. The van der Waals surface area contributed by atoms with Crippen LogP contribution in [0.2, 0.25) is 0 Å². The SMILES string of the molecule is C1=CC(c2nc(-c3ccc4c(c3)sc3ccccc34)nc(-c3cccc4oc5c(-c6ccc7oc8ccccc8c7c6)cccc5c34)n2)Cc2ccccc21. The van der Waals surface area contributed by atoms with Gasteiger partial charge in [-0.15, -0.1) is 11.3 Å². The monoisotopic (exact) mass is 723 g/mol. The first-order chi connectivity index (χ1) is 27.2. The van der Waals surface area contributed by atoms with Crippen LogP contribution < -0.4 is 0 Å². The van der Waals surface area contributed by atoms with Gasteiger partial charge >= 0.3 is 0 Å². The highest BCUT2D eigenvalue weighted by Gasteiger charge is 2.24. The fourth-order valence-corrected chi connectivity index (χ4v) is 9.56. The number of para-hydroxylation sites is 2. The molecular weight excluding hydrogens is 695 g/mol. The molecule has 4 aromatic heterocycles. The lowest BCUT2D eigenvalue weighted by Gasteiger charge is -2.19. The molecule has 0 N–H and O–H groups in total. The van der Waals surface area contributed by atoms with Crippen molar-refractivity contribution in [3.05, 3.63) is 169 Å². The van der Waals surface area contributed by atoms with Gasteiger partial charge in [-0.05, 0) is 59.5 Å². The number of benzene rings is 7. The zero-order valence-corrected chi connectivity index (χ0v) is 30.2. The predicted molar refractivity (Wildman–Crippen MR) is 226 cm³/mol. The molecule has 1 unspecified atom stereocenters. The molecule has 258 valence electrons. The molecule has 0 bridgehead atoms. The molecule has 0 amide bonds. The van der Waals surface area contributed by atoms with E-state index in [1.165, 1.54) is 31.3 Å². The highest BCUT2D eigenvalue weighted by molar-refractivity contribution is 7.25. The summed E-state index contributed by atoms with van der Waals surface area (Å²) >= 11 is 1.80. The average Bonchev–Trinajstić information content (AvgIpc) is 3.94. The smallest absolute Gasteiger partial charge is 0.164 e. The molecule has 1 aliphatic carbocycles. The second kappa shape index (κ2) is 11.8. The van der Waals surface area contributed by atoms with E-state index in [4.69, 9.17) is 23.8 Å². The number of hydrogen-bond acceptors (Lipinski definition) is 6. The zero-order chi connectivity index (χ0) is 36.0. The van der Waals surface area contributed by atoms with Gasteiger partial charge in [0.15, 0.2) is 11.6 Å². The van der Waals surface area contributed by atoms with Crippen LogP contribution in [0, 0.1) is 0 Å². The Morgan fingerprint density at radius 1 is 0.509 bits per heavy atom. The van der Waals surface area contributed by atoms with E-state index in [9.17, 15) is 0 Å². The Morgan fingerprint density at radius 2 is 1.25 bits per heavy atom. The van der Waals surface area contributed by atoms with Crippen molar-refractivity contribution >= 4 is 81.5 Å². The predicted octanol–water partition coefficient (Wildman–Crippen LogP) is 13.4. The van der Waals surface area contributed by atoms with Crippen LogP contribution in [-0.4, -0.2) is 15.0 Å². The standard InChI is InChI=1S/C49H29N3O2S/c1-2-10-29-25-31(20-19-28(29)9-1)47-50-48(32-21-23-36-35-12-4-6-18-43(35)55-44(36)27-32)52-49(51-47)38-15-8-17-42-45(38)37-14-7-13-33(46(37)54-42)30-22-24-41-39(26-30)34-11-3-5-16-40(34)53-41/h1-24,26-27,31H,25H2. The molecule has 1 aliphatic rings. The summed E-state index contributed by atoms with van der Waals surface area (Å²) in [4.78, 5) is 15.7. The summed E-state index contributed by atoms with van der Waals surface area (Å²) in [5.41, 5.74) is 9.88. The number of rotatable bonds is 4. The molecule has 12 rings (SSSR count). The Morgan fingerprint density at radius 3 is 2.24 bits per heavy atom. The Kier molecular flexibility index (Phi) is 6.56. The first-order valence-electron chi connectivity index (χ1n) is 18.5. The Labute approximate surface area is 318 Å². The molecule has 0 saturated carbocycles. The normalized spacial score (nSPS) is 14.2. The van der Waals surface area contributed by atoms with Crippen molar-refractivity contribution in [3.8, 4) is 33.9 Å². The van der Waals surface area contributed by atoms with Crippen molar-refractivity contribution in [1.82, 2.24) is 15.0 Å². The van der Waals surface area contributed by atoms with Crippen molar-refractivity contribution in [2.24, 2.45) is 0 Å². The number of nitrogens with zero attached hydrogens (tertiary/aromatic N) is 3. The number of fused-ring (bicyclic) bond motifs is 10. The summed E-state index contributed by atoms with van der Waals surface area (Å²) in [5.74, 6) is 2.06. The third-order valence-electron chi connectivity index (χ3n) is 11.1. The van der Waals surface area contributed by atoms with E-state index in [1.54, 1.807) is 11.3 Å². The lowest BCUT2D eigenvalue weighted by atomic mass is 9.89. The van der Waals surface area contributed by atoms with E-state index in [2.05, 4.69) is 133 Å². The van der Waals surface area contributed by atoms with Gasteiger partial charge in [0.1, 0.15) is 28.2 Å². The molecule has 0 spiro atoms. The van der Waals surface area contributed by atoms with Crippen molar-refractivity contribution in [2.45, 2.75) is 12.3 Å². The number of thiophene rings is 1. The van der Waals surface area contributed by atoms with Crippen LogP contribution in [0.1, 0.15) is 22.9 Å². The van der Waals surface area contributed by atoms with E-state index in [0.29, 0.717) is 11.6 Å². The first kappa shape index (κ1) is 30.6. The zero-order valence-electron chi connectivity index (χ0n) is 29.4. The van der Waals surface area contributed by atoms with Crippen molar-refractivity contribution in [1.29, 1.82) is 0 Å². The quantitative estimate of drug-likeness (QED) is 0.181. The molecule has 1 atom stereocenters. The van der Waals surface area contributed by atoms with Gasteiger partial charge in [0.05, 0.1) is 0 Å². The first-order valence-corrected chi connectivity index (χ1v) is 19.3. The minimum absolute atomic E-state index is 0.00396. The summed E-state index contributed by atoms with van der Waals surface area (Å²) in [6, 6.07) is 50.8. The largest absolute Gasteiger partial charge is 0.456 e. The molecule has 55 heavy (non-hydrogen) atoms. The Bertz CT molecular complexity index is 3390. The lowest BCUT2D eigenvalue weighted by molar-refractivity contribution is 0.668. The van der Waals surface area contributed by atoms with Crippen LogP contribution in [0.4, 0.5) is 0 Å². The third kappa shape index (κ3) is 4.81. The summed E-state index contributed by atoms with van der Waals surface area (Å²) in [7, 11) is 0. The fourth-order valence-electron chi connectivity index (χ4n) is 8.41. The van der Waals surface area contributed by atoms with Gasteiger partial charge in [-0.3, -0.25) is 0 Å². The number of furan rings is 2. The highest BCUT2D eigenvalue weighted by atomic mass is 32.1. The van der Waals surface area contributed by atoms with Gasteiger partial charge in [-0.1, -0.05) is 121 Å². The van der Waals surface area contributed by atoms with Crippen LogP contribution in [-0.2, 0) is 6.42 Å². The van der Waals surface area contributed by atoms with Crippen molar-refractivity contribution < 1.29 is 8.83 Å². The number of aromatic nitrogens is 3. The van der Waals surface area contributed by atoms with Crippen molar-refractivity contribution in [3.63, 3.8) is 0 Å². The average molecular weight is 724 g/mol. The minimum atomic E-state index is 0.00396. The molecule has 7 aromatic carbocycles. The van der Waals surface area contributed by atoms with Gasteiger partial charge < -0.3 is 8.83 Å². The third-order valence-corrected chi connectivity index (χ3v) is 12.2. The maximum Gasteiger partial charge on any atom is 0.164 e. The van der Waals surface area contributed by atoms with E-state index >= 15 is 0 Å². The van der Waals surface area contributed by atoms with Crippen LogP contribution >= 0.6 is 11.3 Å². The van der Waals surface area contributed by atoms with Gasteiger partial charge in [-0.25, -0.2) is 15.0 Å². The molecule has 5 nitrogen and oxygen atoms in total. The summed E-state index contributed by atoms with van der Waals surface area (Å²) in [5, 5.41) is 6.70. The van der Waals surface area contributed by atoms with Gasteiger partial charge in [0.2, 0.25) is 0 Å². The topological polar surface area (TPSA) is 65.0 Å². The second-order valence-corrected chi connectivity index (χ2v) is 15.4. The Balaban J connectivity index is 1.05. The van der Waals surface area contributed by atoms with Crippen molar-refractivity contribution in [2.75, 3.05) is 0 Å². The summed E-state index contributed by atoms with van der Waals surface area (Å²) in [6.45, 7) is 0. The number of allylic oxidation sites excluding steroid dienone is 1. The summed E-state index contributed by atoms with van der Waals surface area (Å²) < 4.78 is 15.4. The summed E-state index contributed by atoms with van der Waals surface area (Å²) in [6.07, 6.45) is 5.26. The van der Waals surface area contributed by atoms with E-state index in [0.717, 1.165) is 78.4 Å². The number of hydrogen-bond donors (Lipinski definition) is 0. The van der Waals surface area contributed by atoms with Gasteiger partial charge in [-0.2, -0.15) is 0 Å². The maximum atomic E-state index is 6.75. The van der Waals surface area contributed by atoms with Crippen LogP contribution in [0.25, 0.3) is 104 Å². The molecular formula is C49H29N3O2S. The Hall–Kier alpha value is -6.89. The highest BCUT2D eigenvalue weighted by Crippen LogP contribution is 2.42. The second-order valence-electron chi connectivity index (χ2n) is 14.3. The van der Waals surface area contributed by atoms with E-state index in [1.807, 2.05) is 24.3 Å². The minimum Gasteiger partial charge on any atom is -0.456 e. The molecule has 0 radical (unpaired) electrons. The van der Waals surface area contributed by atoms with Crippen LogP contribution in [0.15, 0.2) is 161 Å². The van der Waals surface area contributed by atoms with Gasteiger partial charge in [0, 0.05) is 64.3 Å². The van der Waals surface area contributed by atoms with E-state index in [-0.39, 0.29) is 5.92 Å². The van der Waals surface area contributed by atoms with Gasteiger partial charge in [0.25, 0.3) is 0 Å². The molecule has 0 aliphatic heterocycles.